The summed E-state index contributed by atoms with van der Waals surface area (Å²) in [5, 5.41) is 3.37. The Morgan fingerprint density at radius 3 is 2.52 bits per heavy atom. The smallest absolute Gasteiger partial charge is 0.417 e. The van der Waals surface area contributed by atoms with Gasteiger partial charge in [0.1, 0.15) is 23.6 Å². The van der Waals surface area contributed by atoms with Crippen LogP contribution in [0.3, 0.4) is 0 Å². The Balaban J connectivity index is 1.46. The van der Waals surface area contributed by atoms with Gasteiger partial charge in [-0.15, -0.1) is 6.58 Å². The van der Waals surface area contributed by atoms with Crippen LogP contribution in [0, 0.1) is 11.3 Å². The average molecular weight is 638 g/mol. The predicted molar refractivity (Wildman–Crippen MR) is 176 cm³/mol. The number of ether oxygens (including phenoxy) is 4. The molecule has 0 radical (unpaired) electrons. The number of carbonyl (C=O) groups is 3. The van der Waals surface area contributed by atoms with Crippen LogP contribution in [0.4, 0.5) is 9.59 Å². The third-order valence-corrected chi connectivity index (χ3v) is 8.88. The van der Waals surface area contributed by atoms with E-state index in [-0.39, 0.29) is 36.1 Å². The topological polar surface area (TPSA) is 136 Å². The van der Waals surface area contributed by atoms with Gasteiger partial charge in [-0.1, -0.05) is 58.8 Å². The number of methoxy groups -OCH3 is 1. The molecule has 2 amide bonds. The van der Waals surface area contributed by atoms with Crippen molar-refractivity contribution in [2.24, 2.45) is 11.3 Å². The van der Waals surface area contributed by atoms with E-state index < -0.39 is 30.3 Å². The summed E-state index contributed by atoms with van der Waals surface area (Å²) in [6, 6.07) is 3.67. The number of fused-ring (bicyclic) bond motifs is 1. The van der Waals surface area contributed by atoms with Gasteiger partial charge in [0, 0.05) is 41.0 Å². The zero-order chi connectivity index (χ0) is 33.4. The van der Waals surface area contributed by atoms with Crippen LogP contribution in [0.25, 0.3) is 17.0 Å². The SMILES string of the molecule is C=CCC(C)(C)COC(=O)N[C@H](C(=O)OC(=O)N1C[C@H](Oc2cc(=O)[nH]c3cc(OC)c(C=C)cc23)C[C@H]1CC)C1CCCCC1. The molecule has 1 saturated carbocycles. The lowest BCUT2D eigenvalue weighted by atomic mass is 9.84. The van der Waals surface area contributed by atoms with Gasteiger partial charge in [0.15, 0.2) is 0 Å². The number of likely N-dealkylation sites (tertiary alicyclic amines) is 1. The standard InChI is InChI=1S/C35H47N3O8/c1-7-15-35(4,5)21-44-33(41)37-31(23-13-11-10-12-14-23)32(40)46-34(42)38-20-25(17-24(38)9-3)45-29-19-30(39)36-27-18-28(43-6)22(8-2)16-26(27)29/h7-8,16,18-19,23-25,31H,1-2,9-15,17,20-21H2,3-6H3,(H,36,39)(H,37,41)/t24-,25-,31+/m1/s1. The molecule has 0 bridgehead atoms. The molecule has 3 atom stereocenters. The summed E-state index contributed by atoms with van der Waals surface area (Å²) in [6.07, 6.45) is 7.57. The fourth-order valence-electron chi connectivity index (χ4n) is 6.38. The fourth-order valence-corrected chi connectivity index (χ4v) is 6.38. The molecular weight excluding hydrogens is 590 g/mol. The number of hydrogen-bond donors (Lipinski definition) is 2. The van der Waals surface area contributed by atoms with E-state index in [4.69, 9.17) is 18.9 Å². The number of hydrogen-bond acceptors (Lipinski definition) is 8. The molecule has 4 rings (SSSR count). The molecule has 11 nitrogen and oxygen atoms in total. The van der Waals surface area contributed by atoms with E-state index in [0.717, 1.165) is 37.7 Å². The molecule has 1 aliphatic carbocycles. The first-order valence-electron chi connectivity index (χ1n) is 16.1. The number of nitrogens with zero attached hydrogens (tertiary/aromatic N) is 1. The zero-order valence-corrected chi connectivity index (χ0v) is 27.4. The lowest BCUT2D eigenvalue weighted by molar-refractivity contribution is -0.142. The molecular formula is C35H47N3O8. The lowest BCUT2D eigenvalue weighted by Crippen LogP contribution is -2.50. The zero-order valence-electron chi connectivity index (χ0n) is 27.4. The first kappa shape index (κ1) is 34.6. The van der Waals surface area contributed by atoms with Gasteiger partial charge >= 0.3 is 18.2 Å². The number of benzene rings is 1. The van der Waals surface area contributed by atoms with E-state index >= 15 is 0 Å². The van der Waals surface area contributed by atoms with Crippen LogP contribution in [0.15, 0.2) is 42.2 Å². The van der Waals surface area contributed by atoms with Crippen molar-refractivity contribution in [2.75, 3.05) is 20.3 Å². The minimum absolute atomic E-state index is 0.147. The maximum Gasteiger partial charge on any atom is 0.417 e. The highest BCUT2D eigenvalue weighted by atomic mass is 16.6. The van der Waals surface area contributed by atoms with Crippen LogP contribution in [-0.4, -0.2) is 66.5 Å². The van der Waals surface area contributed by atoms with Crippen molar-refractivity contribution < 1.29 is 33.3 Å². The van der Waals surface area contributed by atoms with Gasteiger partial charge < -0.3 is 34.1 Å². The normalized spacial score (nSPS) is 19.3. The van der Waals surface area contributed by atoms with Gasteiger partial charge in [0.2, 0.25) is 0 Å². The van der Waals surface area contributed by atoms with Gasteiger partial charge in [-0.2, -0.15) is 0 Å². The van der Waals surface area contributed by atoms with Crippen molar-refractivity contribution in [2.45, 2.75) is 90.3 Å². The monoisotopic (exact) mass is 637 g/mol. The third kappa shape index (κ3) is 8.50. The van der Waals surface area contributed by atoms with Crippen LogP contribution in [-0.2, 0) is 14.3 Å². The molecule has 0 spiro atoms. The van der Waals surface area contributed by atoms with Crippen molar-refractivity contribution in [1.82, 2.24) is 15.2 Å². The number of pyridine rings is 1. The molecule has 2 heterocycles. The number of allylic oxidation sites excluding steroid dienone is 1. The van der Waals surface area contributed by atoms with E-state index in [1.807, 2.05) is 26.8 Å². The molecule has 2 aromatic rings. The number of esters is 1. The maximum absolute atomic E-state index is 13.5. The highest BCUT2D eigenvalue weighted by Crippen LogP contribution is 2.33. The van der Waals surface area contributed by atoms with E-state index in [1.54, 1.807) is 25.3 Å². The number of amides is 2. The summed E-state index contributed by atoms with van der Waals surface area (Å²) >= 11 is 0. The van der Waals surface area contributed by atoms with Crippen LogP contribution in [0.5, 0.6) is 11.5 Å². The van der Waals surface area contributed by atoms with E-state index in [9.17, 15) is 19.2 Å². The van der Waals surface area contributed by atoms with Crippen molar-refractivity contribution in [1.29, 1.82) is 0 Å². The number of carbonyl (C=O) groups excluding carboxylic acids is 3. The minimum atomic E-state index is -1.01. The molecule has 1 aromatic carbocycles. The number of nitrogens with one attached hydrogen (secondary N) is 2. The summed E-state index contributed by atoms with van der Waals surface area (Å²) in [4.78, 5) is 56.5. The maximum atomic E-state index is 13.5. The third-order valence-electron chi connectivity index (χ3n) is 8.88. The molecule has 2 aliphatic rings. The van der Waals surface area contributed by atoms with Gasteiger partial charge in [-0.3, -0.25) is 4.79 Å². The fraction of sp³-hybridized carbons (Fsp3) is 0.543. The highest BCUT2D eigenvalue weighted by molar-refractivity contribution is 5.90. The highest BCUT2D eigenvalue weighted by Gasteiger charge is 2.40. The van der Waals surface area contributed by atoms with Crippen molar-refractivity contribution in [3.05, 3.63) is 53.4 Å². The molecule has 1 aliphatic heterocycles. The van der Waals surface area contributed by atoms with E-state index in [1.165, 1.54) is 11.0 Å². The lowest BCUT2D eigenvalue weighted by Gasteiger charge is -2.30. The van der Waals surface area contributed by atoms with E-state index in [2.05, 4.69) is 23.5 Å². The molecule has 1 saturated heterocycles. The van der Waals surface area contributed by atoms with Crippen molar-refractivity contribution >= 4 is 35.1 Å². The number of aromatic amines is 1. The average Bonchev–Trinajstić information content (AvgIpc) is 3.45. The summed E-state index contributed by atoms with van der Waals surface area (Å²) in [5.41, 5.74) is 0.631. The summed E-state index contributed by atoms with van der Waals surface area (Å²) in [7, 11) is 1.54. The second-order valence-electron chi connectivity index (χ2n) is 13.0. The van der Waals surface area contributed by atoms with Gasteiger partial charge in [0.25, 0.3) is 5.56 Å². The molecule has 1 aromatic heterocycles. The second-order valence-corrected chi connectivity index (χ2v) is 13.0. The van der Waals surface area contributed by atoms with Gasteiger partial charge in [-0.05, 0) is 37.7 Å². The second kappa shape index (κ2) is 15.3. The molecule has 46 heavy (non-hydrogen) atoms. The summed E-state index contributed by atoms with van der Waals surface area (Å²) in [6.45, 7) is 13.8. The summed E-state index contributed by atoms with van der Waals surface area (Å²) in [5.74, 6) is -0.0357. The largest absolute Gasteiger partial charge is 0.496 e. The van der Waals surface area contributed by atoms with Crippen molar-refractivity contribution in [3.63, 3.8) is 0 Å². The van der Waals surface area contributed by atoms with Gasteiger partial charge in [-0.25, -0.2) is 14.4 Å². The first-order chi connectivity index (χ1) is 22.0. The molecule has 250 valence electrons. The Morgan fingerprint density at radius 1 is 1.13 bits per heavy atom. The Labute approximate surface area is 270 Å². The number of alkyl carbamates (subject to hydrolysis) is 1. The number of rotatable bonds is 12. The predicted octanol–water partition coefficient (Wildman–Crippen LogP) is 6.35. The van der Waals surface area contributed by atoms with E-state index in [0.29, 0.717) is 41.7 Å². The van der Waals surface area contributed by atoms with Crippen LogP contribution >= 0.6 is 0 Å². The number of aromatic nitrogens is 1. The number of H-pyrrole nitrogens is 1. The van der Waals surface area contributed by atoms with Gasteiger partial charge in [0.05, 0.1) is 25.8 Å². The molecule has 2 N–H and O–H groups in total. The molecule has 11 heteroatoms. The Bertz CT molecular complexity index is 1490. The minimum Gasteiger partial charge on any atom is -0.496 e. The van der Waals surface area contributed by atoms with Crippen LogP contribution in [0.1, 0.15) is 77.7 Å². The first-order valence-corrected chi connectivity index (χ1v) is 16.1. The molecule has 0 unspecified atom stereocenters. The van der Waals surface area contributed by atoms with Crippen LogP contribution in [0.2, 0.25) is 0 Å². The van der Waals surface area contributed by atoms with Crippen LogP contribution < -0.4 is 20.3 Å². The Kier molecular flexibility index (Phi) is 11.5. The quantitative estimate of drug-likeness (QED) is 0.156. The Hall–Kier alpha value is -4.28. The summed E-state index contributed by atoms with van der Waals surface area (Å²) < 4.78 is 22.6. The Morgan fingerprint density at radius 2 is 1.87 bits per heavy atom. The molecule has 2 fully saturated rings. The van der Waals surface area contributed by atoms with Crippen molar-refractivity contribution in [3.8, 4) is 11.5 Å².